The Hall–Kier alpha value is -0.820. The molecule has 0 saturated carbocycles. The van der Waals surface area contributed by atoms with E-state index in [0.717, 1.165) is 0 Å². The minimum Gasteiger partial charge on any atom is -0.326 e. The maximum absolute atomic E-state index is 5.57. The molecule has 1 aromatic carbocycles. The summed E-state index contributed by atoms with van der Waals surface area (Å²) in [6.45, 7) is 7.00. The molecule has 0 amide bonds. The van der Waals surface area contributed by atoms with E-state index in [4.69, 9.17) is 5.73 Å². The van der Waals surface area contributed by atoms with E-state index in [-0.39, 0.29) is 0 Å². The smallest absolute Gasteiger partial charge is 0.0180 e. The number of benzene rings is 1. The molecule has 0 saturated heterocycles. The zero-order valence-electron chi connectivity index (χ0n) is 7.44. The topological polar surface area (TPSA) is 26.0 Å². The fraction of sp³-hybridized carbons (Fsp3) is 0.400. The third-order valence-electron chi connectivity index (χ3n) is 2.17. The molecule has 0 aliphatic carbocycles. The Morgan fingerprint density at radius 1 is 1.00 bits per heavy atom. The van der Waals surface area contributed by atoms with Crippen molar-refractivity contribution in [1.82, 2.24) is 0 Å². The summed E-state index contributed by atoms with van der Waals surface area (Å²) in [5, 5.41) is 0. The zero-order valence-corrected chi connectivity index (χ0v) is 7.44. The van der Waals surface area contributed by atoms with Crippen LogP contribution in [0.3, 0.4) is 0 Å². The summed E-state index contributed by atoms with van der Waals surface area (Å²) in [7, 11) is 0. The van der Waals surface area contributed by atoms with Gasteiger partial charge in [0.05, 0.1) is 0 Å². The third kappa shape index (κ3) is 1.60. The highest BCUT2D eigenvalue weighted by Crippen LogP contribution is 2.14. The predicted molar refractivity (Wildman–Crippen MR) is 48.5 cm³/mol. The van der Waals surface area contributed by atoms with Crippen LogP contribution in [-0.4, -0.2) is 0 Å². The average Bonchev–Trinajstić information content (AvgIpc) is 1.97. The molecule has 2 N–H and O–H groups in total. The van der Waals surface area contributed by atoms with Crippen LogP contribution < -0.4 is 5.73 Å². The average molecular weight is 149 g/mol. The van der Waals surface area contributed by atoms with Crippen LogP contribution in [0.1, 0.15) is 22.3 Å². The highest BCUT2D eigenvalue weighted by molar-refractivity contribution is 5.36. The Kier molecular flexibility index (Phi) is 2.30. The Balaban J connectivity index is 3.21. The van der Waals surface area contributed by atoms with Gasteiger partial charge in [0.25, 0.3) is 0 Å². The quantitative estimate of drug-likeness (QED) is 0.650. The van der Waals surface area contributed by atoms with Gasteiger partial charge in [0.15, 0.2) is 0 Å². The number of hydrogen-bond donors (Lipinski definition) is 1. The van der Waals surface area contributed by atoms with E-state index in [1.165, 1.54) is 22.3 Å². The predicted octanol–water partition coefficient (Wildman–Crippen LogP) is 2.07. The molecule has 1 aromatic rings. The largest absolute Gasteiger partial charge is 0.326 e. The Labute approximate surface area is 68.2 Å². The van der Waals surface area contributed by atoms with Crippen LogP contribution in [0.4, 0.5) is 0 Å². The van der Waals surface area contributed by atoms with Crippen molar-refractivity contribution in [2.45, 2.75) is 27.3 Å². The monoisotopic (exact) mass is 149 g/mol. The van der Waals surface area contributed by atoms with Crippen molar-refractivity contribution in [3.05, 3.63) is 34.4 Å². The number of hydrogen-bond acceptors (Lipinski definition) is 1. The van der Waals surface area contributed by atoms with Gasteiger partial charge in [-0.25, -0.2) is 0 Å². The van der Waals surface area contributed by atoms with Crippen molar-refractivity contribution in [3.8, 4) is 0 Å². The molecule has 0 radical (unpaired) electrons. The molecule has 60 valence electrons. The highest BCUT2D eigenvalue weighted by atomic mass is 14.5. The molecular formula is C10H15N. The molecular weight excluding hydrogens is 134 g/mol. The molecule has 0 aliphatic heterocycles. The van der Waals surface area contributed by atoms with Crippen molar-refractivity contribution in [1.29, 1.82) is 0 Å². The molecule has 0 spiro atoms. The highest BCUT2D eigenvalue weighted by Gasteiger charge is 1.98. The van der Waals surface area contributed by atoms with Crippen molar-refractivity contribution in [3.63, 3.8) is 0 Å². The molecule has 11 heavy (non-hydrogen) atoms. The summed E-state index contributed by atoms with van der Waals surface area (Å²) in [5.74, 6) is 0. The van der Waals surface area contributed by atoms with E-state index in [2.05, 4.69) is 32.9 Å². The van der Waals surface area contributed by atoms with E-state index in [0.29, 0.717) is 6.54 Å². The Bertz CT molecular complexity index is 264. The normalized spacial score (nSPS) is 10.2. The zero-order chi connectivity index (χ0) is 8.43. The lowest BCUT2D eigenvalue weighted by atomic mass is 10.0. The Morgan fingerprint density at radius 3 is 2.09 bits per heavy atom. The van der Waals surface area contributed by atoms with E-state index in [9.17, 15) is 0 Å². The van der Waals surface area contributed by atoms with E-state index >= 15 is 0 Å². The summed E-state index contributed by atoms with van der Waals surface area (Å²) >= 11 is 0. The van der Waals surface area contributed by atoms with Crippen LogP contribution in [0.25, 0.3) is 0 Å². The summed E-state index contributed by atoms with van der Waals surface area (Å²) in [6.07, 6.45) is 0. The molecule has 1 heteroatoms. The van der Waals surface area contributed by atoms with Crippen molar-refractivity contribution < 1.29 is 0 Å². The second-order valence-corrected chi connectivity index (χ2v) is 3.07. The first-order chi connectivity index (χ1) is 5.15. The van der Waals surface area contributed by atoms with Gasteiger partial charge in [-0.1, -0.05) is 12.1 Å². The lowest BCUT2D eigenvalue weighted by Gasteiger charge is -2.06. The first-order valence-electron chi connectivity index (χ1n) is 3.92. The second kappa shape index (κ2) is 3.05. The van der Waals surface area contributed by atoms with Gasteiger partial charge in [-0.2, -0.15) is 0 Å². The van der Waals surface area contributed by atoms with Gasteiger partial charge in [-0.05, 0) is 43.0 Å². The minimum atomic E-state index is 0.646. The SMILES string of the molecule is Cc1cc(C)c(CN)cc1C. The first kappa shape index (κ1) is 8.28. The van der Waals surface area contributed by atoms with Gasteiger partial charge in [0, 0.05) is 6.54 Å². The van der Waals surface area contributed by atoms with Crippen molar-refractivity contribution in [2.24, 2.45) is 5.73 Å². The fourth-order valence-corrected chi connectivity index (χ4v) is 1.24. The third-order valence-corrected chi connectivity index (χ3v) is 2.17. The first-order valence-corrected chi connectivity index (χ1v) is 3.92. The van der Waals surface area contributed by atoms with Crippen LogP contribution in [0.15, 0.2) is 12.1 Å². The summed E-state index contributed by atoms with van der Waals surface area (Å²) in [6, 6.07) is 4.36. The molecule has 0 aliphatic rings. The molecule has 1 nitrogen and oxygen atoms in total. The van der Waals surface area contributed by atoms with Gasteiger partial charge >= 0.3 is 0 Å². The van der Waals surface area contributed by atoms with Gasteiger partial charge < -0.3 is 5.73 Å². The van der Waals surface area contributed by atoms with Gasteiger partial charge in [0.1, 0.15) is 0 Å². The molecule has 0 atom stereocenters. The molecule has 0 unspecified atom stereocenters. The Morgan fingerprint density at radius 2 is 1.55 bits per heavy atom. The second-order valence-electron chi connectivity index (χ2n) is 3.07. The maximum Gasteiger partial charge on any atom is 0.0180 e. The van der Waals surface area contributed by atoms with Gasteiger partial charge in [0.2, 0.25) is 0 Å². The summed E-state index contributed by atoms with van der Waals surface area (Å²) in [4.78, 5) is 0. The van der Waals surface area contributed by atoms with Gasteiger partial charge in [-0.3, -0.25) is 0 Å². The van der Waals surface area contributed by atoms with Crippen LogP contribution in [-0.2, 0) is 6.54 Å². The van der Waals surface area contributed by atoms with Crippen molar-refractivity contribution in [2.75, 3.05) is 0 Å². The fourth-order valence-electron chi connectivity index (χ4n) is 1.24. The standard InChI is InChI=1S/C10H15N/c1-7-4-9(3)10(6-11)5-8(7)2/h4-5H,6,11H2,1-3H3. The van der Waals surface area contributed by atoms with E-state index < -0.39 is 0 Å². The number of nitrogens with two attached hydrogens (primary N) is 1. The molecule has 0 bridgehead atoms. The maximum atomic E-state index is 5.57. The van der Waals surface area contributed by atoms with Crippen LogP contribution in [0, 0.1) is 20.8 Å². The number of aryl methyl sites for hydroxylation is 3. The van der Waals surface area contributed by atoms with Crippen LogP contribution in [0.2, 0.25) is 0 Å². The minimum absolute atomic E-state index is 0.646. The van der Waals surface area contributed by atoms with Crippen molar-refractivity contribution >= 4 is 0 Å². The van der Waals surface area contributed by atoms with Gasteiger partial charge in [-0.15, -0.1) is 0 Å². The molecule has 0 aromatic heterocycles. The van der Waals surface area contributed by atoms with Crippen LogP contribution in [0.5, 0.6) is 0 Å². The molecule has 1 rings (SSSR count). The lowest BCUT2D eigenvalue weighted by molar-refractivity contribution is 1.04. The van der Waals surface area contributed by atoms with E-state index in [1.807, 2.05) is 0 Å². The van der Waals surface area contributed by atoms with E-state index in [1.54, 1.807) is 0 Å². The van der Waals surface area contributed by atoms with Crippen LogP contribution >= 0.6 is 0 Å². The summed E-state index contributed by atoms with van der Waals surface area (Å²) in [5.41, 5.74) is 10.8. The number of rotatable bonds is 1. The molecule has 0 fully saturated rings. The molecule has 0 heterocycles. The summed E-state index contributed by atoms with van der Waals surface area (Å²) < 4.78 is 0. The lowest BCUT2D eigenvalue weighted by Crippen LogP contribution is -2.00.